The van der Waals surface area contributed by atoms with E-state index in [1.54, 1.807) is 24.3 Å². The number of esters is 1. The Labute approximate surface area is 102 Å². The lowest BCUT2D eigenvalue weighted by Gasteiger charge is -2.11. The van der Waals surface area contributed by atoms with Crippen molar-refractivity contribution < 1.29 is 9.53 Å². The molecule has 0 aliphatic heterocycles. The minimum Gasteiger partial charge on any atom is -0.461 e. The van der Waals surface area contributed by atoms with E-state index in [0.717, 1.165) is 5.56 Å². The van der Waals surface area contributed by atoms with Gasteiger partial charge in [0.25, 0.3) is 0 Å². The van der Waals surface area contributed by atoms with Gasteiger partial charge in [-0.15, -0.1) is 0 Å². The molecule has 1 unspecified atom stereocenters. The molecule has 2 nitrogen and oxygen atoms in total. The SMILES string of the molecule is C=C/C=C/C(C(=O)OCC=C)c1ccccc1. The van der Waals surface area contributed by atoms with E-state index in [1.807, 2.05) is 30.3 Å². The maximum Gasteiger partial charge on any atom is 0.317 e. The number of rotatable bonds is 6. The van der Waals surface area contributed by atoms with Crippen LogP contribution in [0.1, 0.15) is 11.5 Å². The molecule has 0 amide bonds. The number of carbonyl (C=O) groups excluding carboxylic acids is 1. The molecular formula is C15H16O2. The summed E-state index contributed by atoms with van der Waals surface area (Å²) in [5.41, 5.74) is 0.902. The van der Waals surface area contributed by atoms with Crippen LogP contribution in [0.5, 0.6) is 0 Å². The summed E-state index contributed by atoms with van der Waals surface area (Å²) in [6.07, 6.45) is 6.70. The number of allylic oxidation sites excluding steroid dienone is 2. The molecule has 0 heterocycles. The van der Waals surface area contributed by atoms with Crippen molar-refractivity contribution in [1.29, 1.82) is 0 Å². The highest BCUT2D eigenvalue weighted by Gasteiger charge is 2.18. The second-order valence-corrected chi connectivity index (χ2v) is 3.43. The molecule has 0 aliphatic carbocycles. The topological polar surface area (TPSA) is 26.3 Å². The van der Waals surface area contributed by atoms with Gasteiger partial charge < -0.3 is 4.74 Å². The van der Waals surface area contributed by atoms with Crippen molar-refractivity contribution in [3.63, 3.8) is 0 Å². The van der Waals surface area contributed by atoms with E-state index in [9.17, 15) is 4.79 Å². The van der Waals surface area contributed by atoms with Crippen molar-refractivity contribution in [1.82, 2.24) is 0 Å². The summed E-state index contributed by atoms with van der Waals surface area (Å²) in [6, 6.07) is 9.49. The van der Waals surface area contributed by atoms with E-state index >= 15 is 0 Å². The third kappa shape index (κ3) is 4.11. The average molecular weight is 228 g/mol. The molecule has 0 aliphatic rings. The first kappa shape index (κ1) is 13.0. The van der Waals surface area contributed by atoms with Crippen LogP contribution in [0.25, 0.3) is 0 Å². The van der Waals surface area contributed by atoms with Crippen LogP contribution in [-0.2, 0) is 9.53 Å². The summed E-state index contributed by atoms with van der Waals surface area (Å²) < 4.78 is 5.06. The first-order valence-corrected chi connectivity index (χ1v) is 5.41. The van der Waals surface area contributed by atoms with Crippen molar-refractivity contribution in [3.8, 4) is 0 Å². The van der Waals surface area contributed by atoms with Gasteiger partial charge in [0, 0.05) is 0 Å². The monoisotopic (exact) mass is 228 g/mol. The van der Waals surface area contributed by atoms with Crippen molar-refractivity contribution >= 4 is 5.97 Å². The minimum atomic E-state index is -0.394. The van der Waals surface area contributed by atoms with Gasteiger partial charge in [0.2, 0.25) is 0 Å². The fourth-order valence-corrected chi connectivity index (χ4v) is 1.41. The molecule has 0 bridgehead atoms. The number of hydrogen-bond acceptors (Lipinski definition) is 2. The van der Waals surface area contributed by atoms with Crippen LogP contribution in [-0.4, -0.2) is 12.6 Å². The Morgan fingerprint density at radius 3 is 2.59 bits per heavy atom. The molecular weight excluding hydrogens is 212 g/mol. The van der Waals surface area contributed by atoms with E-state index in [-0.39, 0.29) is 12.6 Å². The molecule has 1 aromatic carbocycles. The van der Waals surface area contributed by atoms with Gasteiger partial charge in [-0.3, -0.25) is 4.79 Å². The van der Waals surface area contributed by atoms with E-state index in [2.05, 4.69) is 13.2 Å². The molecule has 1 rings (SSSR count). The summed E-state index contributed by atoms with van der Waals surface area (Å²) in [5.74, 6) is -0.677. The summed E-state index contributed by atoms with van der Waals surface area (Å²) >= 11 is 0. The molecule has 1 aromatic rings. The van der Waals surface area contributed by atoms with Crippen molar-refractivity contribution in [3.05, 3.63) is 73.4 Å². The van der Waals surface area contributed by atoms with E-state index in [0.29, 0.717) is 0 Å². The highest BCUT2D eigenvalue weighted by Crippen LogP contribution is 2.18. The largest absolute Gasteiger partial charge is 0.461 e. The molecule has 88 valence electrons. The highest BCUT2D eigenvalue weighted by molar-refractivity contribution is 5.80. The lowest BCUT2D eigenvalue weighted by atomic mass is 9.99. The molecule has 0 aromatic heterocycles. The predicted octanol–water partition coefficient (Wildman–Crippen LogP) is 3.24. The number of hydrogen-bond donors (Lipinski definition) is 0. The van der Waals surface area contributed by atoms with Gasteiger partial charge in [0.15, 0.2) is 0 Å². The maximum atomic E-state index is 11.9. The maximum absolute atomic E-state index is 11.9. The number of ether oxygens (including phenoxy) is 1. The third-order valence-corrected chi connectivity index (χ3v) is 2.20. The summed E-state index contributed by atoms with van der Waals surface area (Å²) in [7, 11) is 0. The molecule has 0 radical (unpaired) electrons. The van der Waals surface area contributed by atoms with Gasteiger partial charge >= 0.3 is 5.97 Å². The fourth-order valence-electron chi connectivity index (χ4n) is 1.41. The van der Waals surface area contributed by atoms with Crippen LogP contribution in [0.3, 0.4) is 0 Å². The molecule has 17 heavy (non-hydrogen) atoms. The lowest BCUT2D eigenvalue weighted by Crippen LogP contribution is -2.14. The molecule has 0 saturated carbocycles. The molecule has 0 saturated heterocycles. The number of benzene rings is 1. The van der Waals surface area contributed by atoms with Crippen molar-refractivity contribution in [2.45, 2.75) is 5.92 Å². The first-order valence-electron chi connectivity index (χ1n) is 5.41. The van der Waals surface area contributed by atoms with E-state index in [1.165, 1.54) is 0 Å². The van der Waals surface area contributed by atoms with Crippen LogP contribution in [0.15, 0.2) is 67.8 Å². The van der Waals surface area contributed by atoms with Crippen LogP contribution >= 0.6 is 0 Å². The standard InChI is InChI=1S/C15H16O2/c1-3-5-11-14(15(16)17-12-4-2)13-9-7-6-8-10-13/h3-11,14H,1-2,12H2/b11-5+. The van der Waals surface area contributed by atoms with E-state index < -0.39 is 5.92 Å². The first-order chi connectivity index (χ1) is 8.29. The second-order valence-electron chi connectivity index (χ2n) is 3.43. The Morgan fingerprint density at radius 2 is 2.00 bits per heavy atom. The number of carbonyl (C=O) groups is 1. The smallest absolute Gasteiger partial charge is 0.317 e. The Bertz CT molecular complexity index is 404. The van der Waals surface area contributed by atoms with Crippen molar-refractivity contribution in [2.24, 2.45) is 0 Å². The summed E-state index contributed by atoms with van der Waals surface area (Å²) in [5, 5.41) is 0. The second kappa shape index (κ2) is 7.23. The van der Waals surface area contributed by atoms with Crippen LogP contribution < -0.4 is 0 Å². The van der Waals surface area contributed by atoms with Gasteiger partial charge in [0.1, 0.15) is 12.5 Å². The van der Waals surface area contributed by atoms with Gasteiger partial charge in [-0.2, -0.15) is 0 Å². The van der Waals surface area contributed by atoms with Crippen molar-refractivity contribution in [2.75, 3.05) is 6.61 Å². The van der Waals surface area contributed by atoms with Gasteiger partial charge in [0.05, 0.1) is 0 Å². The summed E-state index contributed by atoms with van der Waals surface area (Å²) in [6.45, 7) is 7.33. The molecule has 0 spiro atoms. The quantitative estimate of drug-likeness (QED) is 0.424. The normalized spacial score (nSPS) is 12.0. The Balaban J connectivity index is 2.87. The lowest BCUT2D eigenvalue weighted by molar-refractivity contribution is -0.142. The van der Waals surface area contributed by atoms with Crippen LogP contribution in [0.2, 0.25) is 0 Å². The molecule has 0 fully saturated rings. The zero-order chi connectivity index (χ0) is 12.5. The minimum absolute atomic E-state index is 0.226. The van der Waals surface area contributed by atoms with Gasteiger partial charge in [-0.05, 0) is 5.56 Å². The molecule has 2 heteroatoms. The Kier molecular flexibility index (Phi) is 5.52. The van der Waals surface area contributed by atoms with Crippen LogP contribution in [0.4, 0.5) is 0 Å². The zero-order valence-corrected chi connectivity index (χ0v) is 9.71. The third-order valence-electron chi connectivity index (χ3n) is 2.20. The average Bonchev–Trinajstić information content (AvgIpc) is 2.38. The highest BCUT2D eigenvalue weighted by atomic mass is 16.5. The van der Waals surface area contributed by atoms with Gasteiger partial charge in [-0.1, -0.05) is 67.8 Å². The Morgan fingerprint density at radius 1 is 1.29 bits per heavy atom. The summed E-state index contributed by atoms with van der Waals surface area (Å²) in [4.78, 5) is 11.9. The fraction of sp³-hybridized carbons (Fsp3) is 0.133. The van der Waals surface area contributed by atoms with Crippen LogP contribution in [0, 0.1) is 0 Å². The van der Waals surface area contributed by atoms with E-state index in [4.69, 9.17) is 4.74 Å². The molecule has 1 atom stereocenters. The zero-order valence-electron chi connectivity index (χ0n) is 9.71. The predicted molar refractivity (Wildman–Crippen MR) is 69.7 cm³/mol. The van der Waals surface area contributed by atoms with Gasteiger partial charge in [-0.25, -0.2) is 0 Å². The molecule has 0 N–H and O–H groups in total. The Hall–Kier alpha value is -2.09.